The summed E-state index contributed by atoms with van der Waals surface area (Å²) in [6.07, 6.45) is 11.5. The molecule has 1 amide bonds. The molecule has 1 spiro atoms. The molecule has 0 bridgehead atoms. The highest BCUT2D eigenvalue weighted by atomic mass is 16.5. The zero-order chi connectivity index (χ0) is 22.1. The lowest BCUT2D eigenvalue weighted by atomic mass is 9.76. The molecule has 0 atom stereocenters. The number of amides is 1. The maximum absolute atomic E-state index is 12.9. The minimum absolute atomic E-state index is 0.00989. The van der Waals surface area contributed by atoms with Crippen LogP contribution in [-0.4, -0.2) is 48.0 Å². The largest absolute Gasteiger partial charge is 0.462 e. The van der Waals surface area contributed by atoms with E-state index in [9.17, 15) is 9.59 Å². The number of rotatable bonds is 7. The van der Waals surface area contributed by atoms with E-state index in [0.29, 0.717) is 37.6 Å². The van der Waals surface area contributed by atoms with Crippen LogP contribution in [0, 0.1) is 11.3 Å². The zero-order valence-corrected chi connectivity index (χ0v) is 19.0. The van der Waals surface area contributed by atoms with Crippen molar-refractivity contribution >= 4 is 11.9 Å². The van der Waals surface area contributed by atoms with Gasteiger partial charge >= 0.3 is 5.97 Å². The molecule has 4 aliphatic rings. The third-order valence-electron chi connectivity index (χ3n) is 7.40. The Labute approximate surface area is 189 Å². The van der Waals surface area contributed by atoms with Gasteiger partial charge < -0.3 is 14.8 Å². The van der Waals surface area contributed by atoms with Gasteiger partial charge in [0.15, 0.2) is 0 Å². The number of nitrogens with one attached hydrogen (secondary N) is 1. The number of hydrogen-bond donors (Lipinski definition) is 1. The molecule has 172 valence electrons. The van der Waals surface area contributed by atoms with Crippen LogP contribution in [0.3, 0.4) is 0 Å². The normalized spacial score (nSPS) is 22.1. The van der Waals surface area contributed by atoms with Crippen LogP contribution in [0.15, 0.2) is 23.3 Å². The highest BCUT2D eigenvalue weighted by Crippen LogP contribution is 2.41. The van der Waals surface area contributed by atoms with E-state index < -0.39 is 0 Å². The van der Waals surface area contributed by atoms with Crippen molar-refractivity contribution in [3.63, 3.8) is 0 Å². The van der Waals surface area contributed by atoms with Gasteiger partial charge in [-0.2, -0.15) is 5.10 Å². The molecule has 3 heterocycles. The van der Waals surface area contributed by atoms with Crippen LogP contribution in [0.1, 0.15) is 67.2 Å². The molecule has 1 saturated carbocycles. The van der Waals surface area contributed by atoms with Gasteiger partial charge in [-0.25, -0.2) is 4.79 Å². The summed E-state index contributed by atoms with van der Waals surface area (Å²) >= 11 is 0. The van der Waals surface area contributed by atoms with Crippen LogP contribution < -0.4 is 5.32 Å². The number of allylic oxidation sites excluding steroid dienone is 2. The van der Waals surface area contributed by atoms with E-state index in [1.54, 1.807) is 0 Å². The lowest BCUT2D eigenvalue weighted by Crippen LogP contribution is -2.40. The summed E-state index contributed by atoms with van der Waals surface area (Å²) in [6.45, 7) is 5.19. The lowest BCUT2D eigenvalue weighted by molar-refractivity contribution is -0.138. The van der Waals surface area contributed by atoms with Crippen molar-refractivity contribution in [3.05, 3.63) is 40.2 Å². The van der Waals surface area contributed by atoms with Gasteiger partial charge in [0.25, 0.3) is 5.91 Å². The monoisotopic (exact) mass is 439 g/mol. The number of carbonyl (C=O) groups excluding carboxylic acids is 2. The van der Waals surface area contributed by atoms with Crippen LogP contribution >= 0.6 is 0 Å². The number of aromatic nitrogens is 2. The third kappa shape index (κ3) is 4.27. The van der Waals surface area contributed by atoms with Gasteiger partial charge in [-0.3, -0.25) is 9.48 Å². The van der Waals surface area contributed by atoms with Crippen LogP contribution in [0.4, 0.5) is 0 Å². The second kappa shape index (κ2) is 8.85. The van der Waals surface area contributed by atoms with Crippen molar-refractivity contribution in [2.24, 2.45) is 11.3 Å². The minimum Gasteiger partial charge on any atom is -0.462 e. The number of carbonyl (C=O) groups is 2. The fourth-order valence-electron chi connectivity index (χ4n) is 5.25. The van der Waals surface area contributed by atoms with Crippen LogP contribution in [-0.2, 0) is 33.7 Å². The summed E-state index contributed by atoms with van der Waals surface area (Å²) < 4.78 is 13.1. The topological polar surface area (TPSA) is 82.5 Å². The highest BCUT2D eigenvalue weighted by molar-refractivity contribution is 5.97. The van der Waals surface area contributed by atoms with Gasteiger partial charge in [0.1, 0.15) is 0 Å². The number of nitrogens with zero attached hydrogens (tertiary/aromatic N) is 2. The predicted octanol–water partition coefficient (Wildman–Crippen LogP) is 3.13. The smallest absolute Gasteiger partial charge is 0.337 e. The third-order valence-corrected chi connectivity index (χ3v) is 7.40. The summed E-state index contributed by atoms with van der Waals surface area (Å²) in [4.78, 5) is 25.3. The Morgan fingerprint density at radius 3 is 2.91 bits per heavy atom. The maximum Gasteiger partial charge on any atom is 0.337 e. The molecule has 0 unspecified atom stereocenters. The first-order valence-electron chi connectivity index (χ1n) is 12.1. The molecule has 5 rings (SSSR count). The standard InChI is InChI=1S/C25H33N3O4/c1-2-20-22-21(15-25(16-26-23(22)29)8-12-31-13-9-25)28(27-20)10-3-11-32-24(30)19-7-6-18(14-19)17-4-5-17/h7,14,17H,2-6,8-13,15-16H2,1H3,(H,26,29). The second-order valence-corrected chi connectivity index (χ2v) is 9.66. The molecule has 32 heavy (non-hydrogen) atoms. The van der Waals surface area contributed by atoms with Crippen molar-refractivity contribution in [1.29, 1.82) is 0 Å². The molecule has 1 N–H and O–H groups in total. The number of esters is 1. The summed E-state index contributed by atoms with van der Waals surface area (Å²) in [5.74, 6) is 0.453. The van der Waals surface area contributed by atoms with Crippen LogP contribution in [0.25, 0.3) is 0 Å². The lowest BCUT2D eigenvalue weighted by Gasteiger charge is -2.36. The van der Waals surface area contributed by atoms with Crippen molar-refractivity contribution in [2.75, 3.05) is 26.4 Å². The summed E-state index contributed by atoms with van der Waals surface area (Å²) in [6, 6.07) is 0. The molecule has 7 heteroatoms. The van der Waals surface area contributed by atoms with E-state index in [4.69, 9.17) is 14.6 Å². The van der Waals surface area contributed by atoms with Crippen LogP contribution in [0.2, 0.25) is 0 Å². The predicted molar refractivity (Wildman–Crippen MR) is 119 cm³/mol. The van der Waals surface area contributed by atoms with Gasteiger partial charge in [0, 0.05) is 32.7 Å². The zero-order valence-electron chi connectivity index (χ0n) is 19.0. The molecule has 7 nitrogen and oxygen atoms in total. The number of ether oxygens (including phenoxy) is 2. The first kappa shape index (κ1) is 21.4. The fraction of sp³-hybridized carbons (Fsp3) is 0.640. The number of fused-ring (bicyclic) bond motifs is 1. The Morgan fingerprint density at radius 1 is 1.34 bits per heavy atom. The molecule has 2 aliphatic carbocycles. The minimum atomic E-state index is -0.227. The van der Waals surface area contributed by atoms with Crippen molar-refractivity contribution in [1.82, 2.24) is 15.1 Å². The Hall–Kier alpha value is -2.41. The molecule has 0 radical (unpaired) electrons. The van der Waals surface area contributed by atoms with Crippen LogP contribution in [0.5, 0.6) is 0 Å². The van der Waals surface area contributed by atoms with Crippen molar-refractivity contribution in [3.8, 4) is 0 Å². The summed E-state index contributed by atoms with van der Waals surface area (Å²) in [5.41, 5.74) is 4.75. The molecule has 2 aliphatic heterocycles. The summed E-state index contributed by atoms with van der Waals surface area (Å²) in [7, 11) is 0. The maximum atomic E-state index is 12.9. The average molecular weight is 440 g/mol. The first-order chi connectivity index (χ1) is 15.6. The average Bonchev–Trinajstić information content (AvgIpc) is 3.46. The molecule has 2 fully saturated rings. The second-order valence-electron chi connectivity index (χ2n) is 9.66. The van der Waals surface area contributed by atoms with E-state index in [2.05, 4.69) is 5.32 Å². The molecule has 1 aromatic heterocycles. The van der Waals surface area contributed by atoms with E-state index in [1.807, 2.05) is 23.8 Å². The molecule has 0 aromatic carbocycles. The summed E-state index contributed by atoms with van der Waals surface area (Å²) in [5, 5.41) is 7.92. The molecule has 1 aromatic rings. The quantitative estimate of drug-likeness (QED) is 0.521. The van der Waals surface area contributed by atoms with E-state index in [-0.39, 0.29) is 17.3 Å². The van der Waals surface area contributed by atoms with Gasteiger partial charge in [0.05, 0.1) is 29.1 Å². The Kier molecular flexibility index (Phi) is 5.93. The Morgan fingerprint density at radius 2 is 2.16 bits per heavy atom. The first-order valence-corrected chi connectivity index (χ1v) is 12.1. The van der Waals surface area contributed by atoms with E-state index in [1.165, 1.54) is 18.4 Å². The fourth-order valence-corrected chi connectivity index (χ4v) is 5.25. The van der Waals surface area contributed by atoms with E-state index in [0.717, 1.165) is 62.3 Å². The SMILES string of the molecule is CCc1nn(CCCOC(=O)C2=CCC(C3CC3)=C2)c2c1C(=O)NCC1(CCOCC1)C2. The van der Waals surface area contributed by atoms with Gasteiger partial charge in [-0.1, -0.05) is 18.6 Å². The molecular weight excluding hydrogens is 406 g/mol. The van der Waals surface area contributed by atoms with Gasteiger partial charge in [0.2, 0.25) is 0 Å². The highest BCUT2D eigenvalue weighted by Gasteiger charge is 2.39. The molecule has 1 saturated heterocycles. The Balaban J connectivity index is 1.23. The van der Waals surface area contributed by atoms with E-state index >= 15 is 0 Å². The molecular formula is C25H33N3O4. The van der Waals surface area contributed by atoms with Gasteiger partial charge in [-0.05, 0) is 62.4 Å². The Bertz CT molecular complexity index is 964. The van der Waals surface area contributed by atoms with Crippen molar-refractivity contribution < 1.29 is 19.1 Å². The number of hydrogen-bond acceptors (Lipinski definition) is 5. The number of aryl methyl sites for hydroxylation is 2. The van der Waals surface area contributed by atoms with Gasteiger partial charge in [-0.15, -0.1) is 0 Å². The van der Waals surface area contributed by atoms with Crippen molar-refractivity contribution in [2.45, 2.75) is 64.8 Å².